The molecule has 3 fully saturated rings. The second-order valence-electron chi connectivity index (χ2n) is 5.17. The summed E-state index contributed by atoms with van der Waals surface area (Å²) in [6.45, 7) is 2.31. The third kappa shape index (κ3) is 1.39. The van der Waals surface area contributed by atoms with E-state index in [1.165, 1.54) is 51.4 Å². The molecule has 0 spiro atoms. The maximum atomic E-state index is 5.64. The van der Waals surface area contributed by atoms with E-state index in [1.807, 2.05) is 0 Å². The lowest BCUT2D eigenvalue weighted by Crippen LogP contribution is -2.40. The van der Waals surface area contributed by atoms with Crippen molar-refractivity contribution in [3.63, 3.8) is 0 Å². The second kappa shape index (κ2) is 3.05. The van der Waals surface area contributed by atoms with Crippen molar-refractivity contribution in [2.45, 2.75) is 58.3 Å². The Kier molecular flexibility index (Phi) is 2.14. The number of fused-ring (bicyclic) bond motifs is 3. The van der Waals surface area contributed by atoms with Crippen molar-refractivity contribution in [2.75, 3.05) is 0 Å². The molecule has 3 aliphatic carbocycles. The van der Waals surface area contributed by atoms with E-state index in [-0.39, 0.29) is 0 Å². The van der Waals surface area contributed by atoms with Crippen molar-refractivity contribution in [1.82, 2.24) is 0 Å². The van der Waals surface area contributed by atoms with Crippen molar-refractivity contribution < 1.29 is 0 Å². The molecule has 3 saturated carbocycles. The summed E-state index contributed by atoms with van der Waals surface area (Å²) in [4.78, 5) is 0. The summed E-state index contributed by atoms with van der Waals surface area (Å²) in [5.74, 6) is 3.06. The molecule has 0 unspecified atom stereocenters. The van der Waals surface area contributed by atoms with Crippen LogP contribution in [0.5, 0.6) is 0 Å². The molecule has 0 nitrogen and oxygen atoms in total. The molecule has 0 amide bonds. The van der Waals surface area contributed by atoms with Gasteiger partial charge in [0.1, 0.15) is 0 Å². The highest BCUT2D eigenvalue weighted by Gasteiger charge is 2.46. The lowest BCUT2D eigenvalue weighted by Gasteiger charge is -2.51. The molecular weight excluding hydrogens is 156 g/mol. The van der Waals surface area contributed by atoms with Crippen molar-refractivity contribution in [1.29, 1.82) is 0 Å². The molecule has 2 bridgehead atoms. The fourth-order valence-electron chi connectivity index (χ4n) is 3.39. The van der Waals surface area contributed by atoms with Gasteiger partial charge in [-0.15, -0.1) is 6.42 Å². The molecule has 72 valence electrons. The highest BCUT2D eigenvalue weighted by Crippen LogP contribution is 2.58. The molecule has 3 aliphatic rings. The van der Waals surface area contributed by atoms with E-state index in [4.69, 9.17) is 6.42 Å². The number of terminal acetylenes is 1. The smallest absolute Gasteiger partial charge is 0.0312 e. The first-order valence-electron chi connectivity index (χ1n) is 5.72. The lowest BCUT2D eigenvalue weighted by atomic mass is 9.53. The van der Waals surface area contributed by atoms with Crippen LogP contribution < -0.4 is 0 Å². The van der Waals surface area contributed by atoms with Crippen LogP contribution in [0, 0.1) is 23.2 Å². The third-order valence-electron chi connectivity index (χ3n) is 4.49. The molecule has 0 aromatic rings. The lowest BCUT2D eigenvalue weighted by molar-refractivity contribution is 0.0201. The normalized spacial score (nSPS) is 43.1. The van der Waals surface area contributed by atoms with Crippen LogP contribution in [0.3, 0.4) is 0 Å². The van der Waals surface area contributed by atoms with Crippen LogP contribution in [0.15, 0.2) is 0 Å². The Balaban J connectivity index is 2.08. The Morgan fingerprint density at radius 3 is 2.00 bits per heavy atom. The minimum Gasteiger partial charge on any atom is -0.120 e. The van der Waals surface area contributed by atoms with Crippen molar-refractivity contribution in [2.24, 2.45) is 10.8 Å². The Hall–Kier alpha value is -0.440. The molecule has 0 heteroatoms. The summed E-state index contributed by atoms with van der Waals surface area (Å²) < 4.78 is 0. The highest BCUT2D eigenvalue weighted by atomic mass is 14.5. The summed E-state index contributed by atoms with van der Waals surface area (Å²) in [7, 11) is 0. The predicted molar refractivity (Wildman–Crippen MR) is 56.3 cm³/mol. The first kappa shape index (κ1) is 9.13. The maximum Gasteiger partial charge on any atom is 0.0312 e. The molecular formula is C13H20. The van der Waals surface area contributed by atoms with Gasteiger partial charge in [0.25, 0.3) is 0 Å². The Morgan fingerprint density at radius 1 is 1.08 bits per heavy atom. The van der Waals surface area contributed by atoms with Gasteiger partial charge in [0.05, 0.1) is 0 Å². The Morgan fingerprint density at radius 2 is 1.62 bits per heavy atom. The summed E-state index contributed by atoms with van der Waals surface area (Å²) in [6.07, 6.45) is 16.6. The number of hydrogen-bond acceptors (Lipinski definition) is 0. The molecule has 0 heterocycles. The van der Waals surface area contributed by atoms with Crippen LogP contribution in [0.4, 0.5) is 0 Å². The van der Waals surface area contributed by atoms with Crippen LogP contribution in [-0.2, 0) is 0 Å². The zero-order valence-electron chi connectivity index (χ0n) is 8.73. The minimum atomic E-state index is 0.329. The van der Waals surface area contributed by atoms with E-state index < -0.39 is 0 Å². The average molecular weight is 176 g/mol. The molecule has 0 aliphatic heterocycles. The van der Waals surface area contributed by atoms with Gasteiger partial charge in [-0.1, -0.05) is 19.3 Å². The highest BCUT2D eigenvalue weighted by molar-refractivity contribution is 5.13. The molecule has 0 N–H and O–H groups in total. The third-order valence-corrected chi connectivity index (χ3v) is 4.49. The molecule has 0 saturated heterocycles. The molecule has 13 heavy (non-hydrogen) atoms. The summed E-state index contributed by atoms with van der Waals surface area (Å²) in [5.41, 5.74) is 1.04. The molecule has 0 aromatic carbocycles. The zero-order chi connectivity index (χ0) is 9.36. The summed E-state index contributed by atoms with van der Waals surface area (Å²) in [5, 5.41) is 0. The topological polar surface area (TPSA) is 0 Å². The van der Waals surface area contributed by atoms with E-state index in [2.05, 4.69) is 12.8 Å². The Labute approximate surface area is 82.1 Å². The van der Waals surface area contributed by atoms with Gasteiger partial charge in [-0.25, -0.2) is 0 Å². The van der Waals surface area contributed by atoms with Gasteiger partial charge in [-0.05, 0) is 50.4 Å². The fourth-order valence-corrected chi connectivity index (χ4v) is 3.39. The largest absolute Gasteiger partial charge is 0.120 e. The first-order valence-corrected chi connectivity index (χ1v) is 5.72. The fraction of sp³-hybridized carbons (Fsp3) is 0.846. The van der Waals surface area contributed by atoms with Gasteiger partial charge in [0.15, 0.2) is 0 Å². The van der Waals surface area contributed by atoms with Crippen LogP contribution in [0.1, 0.15) is 58.3 Å². The molecule has 3 rings (SSSR count). The van der Waals surface area contributed by atoms with E-state index in [0.29, 0.717) is 10.8 Å². The van der Waals surface area contributed by atoms with Crippen molar-refractivity contribution >= 4 is 0 Å². The standard InChI is InChI=1S/C13H20/c1-3-5-13-9-6-12(4-2,7-10-13)8-11-13/h2H,3,5-11H2,1H3. The monoisotopic (exact) mass is 176 g/mol. The summed E-state index contributed by atoms with van der Waals surface area (Å²) >= 11 is 0. The first-order chi connectivity index (χ1) is 6.24. The SMILES string of the molecule is C#CC12CCC(CCC)(CC1)CC2. The van der Waals surface area contributed by atoms with Crippen LogP contribution in [0.25, 0.3) is 0 Å². The van der Waals surface area contributed by atoms with Crippen LogP contribution in [-0.4, -0.2) is 0 Å². The van der Waals surface area contributed by atoms with Gasteiger partial charge in [0, 0.05) is 5.41 Å². The van der Waals surface area contributed by atoms with Crippen LogP contribution in [0.2, 0.25) is 0 Å². The van der Waals surface area contributed by atoms with Crippen molar-refractivity contribution in [3.8, 4) is 12.3 Å². The predicted octanol–water partition coefficient (Wildman–Crippen LogP) is 3.76. The molecule has 0 radical (unpaired) electrons. The van der Waals surface area contributed by atoms with Gasteiger partial charge in [-0.2, -0.15) is 0 Å². The molecule has 0 aromatic heterocycles. The second-order valence-corrected chi connectivity index (χ2v) is 5.17. The minimum absolute atomic E-state index is 0.329. The van der Waals surface area contributed by atoms with Gasteiger partial charge in [-0.3, -0.25) is 0 Å². The van der Waals surface area contributed by atoms with E-state index in [9.17, 15) is 0 Å². The van der Waals surface area contributed by atoms with Gasteiger partial charge in [0.2, 0.25) is 0 Å². The van der Waals surface area contributed by atoms with Crippen molar-refractivity contribution in [3.05, 3.63) is 0 Å². The zero-order valence-corrected chi connectivity index (χ0v) is 8.73. The Bertz CT molecular complexity index is 206. The molecule has 0 atom stereocenters. The van der Waals surface area contributed by atoms with E-state index in [1.54, 1.807) is 0 Å². The summed E-state index contributed by atoms with van der Waals surface area (Å²) in [6, 6.07) is 0. The number of rotatable bonds is 2. The van der Waals surface area contributed by atoms with Gasteiger partial charge >= 0.3 is 0 Å². The van der Waals surface area contributed by atoms with Gasteiger partial charge < -0.3 is 0 Å². The maximum absolute atomic E-state index is 5.64. The van der Waals surface area contributed by atoms with Crippen LogP contribution >= 0.6 is 0 Å². The van der Waals surface area contributed by atoms with E-state index >= 15 is 0 Å². The quantitative estimate of drug-likeness (QED) is 0.562. The number of hydrogen-bond donors (Lipinski definition) is 0. The average Bonchev–Trinajstić information content (AvgIpc) is 2.21. The van der Waals surface area contributed by atoms with E-state index in [0.717, 1.165) is 0 Å².